The van der Waals surface area contributed by atoms with Gasteiger partial charge in [-0.15, -0.1) is 0 Å². The number of aryl methyl sites for hydroxylation is 2. The summed E-state index contributed by atoms with van der Waals surface area (Å²) in [6.07, 6.45) is 1.72. The average molecular weight is 387 g/mol. The Morgan fingerprint density at radius 3 is 2.79 bits per heavy atom. The minimum Gasteiger partial charge on any atom is -0.341 e. The first-order chi connectivity index (χ1) is 13.5. The maximum atomic E-state index is 12.4. The zero-order valence-electron chi connectivity index (χ0n) is 16.4. The van der Waals surface area contributed by atoms with E-state index in [0.717, 1.165) is 24.2 Å². The molecule has 10 nitrogen and oxygen atoms in total. The normalized spacial score (nSPS) is 19.8. The van der Waals surface area contributed by atoms with Crippen LogP contribution in [0.25, 0.3) is 0 Å². The van der Waals surface area contributed by atoms with E-state index in [1.807, 2.05) is 19.9 Å². The molecule has 0 aromatic carbocycles. The first-order valence-electron chi connectivity index (χ1n) is 9.57. The highest BCUT2D eigenvalue weighted by atomic mass is 16.5. The monoisotopic (exact) mass is 387 g/mol. The Balaban J connectivity index is 1.34. The standard InChI is InChI=1S/C18H25N7O3/c1-11-7-12(2)25(21-11)10-15(26)23-8-13(9-23)16-20-17(28-22-16)14-5-4-6-24(14)18(27)19-3/h7,13-14H,4-6,8-10H2,1-3H3,(H,19,27). The van der Waals surface area contributed by atoms with Crippen LogP contribution in [0.15, 0.2) is 10.6 Å². The van der Waals surface area contributed by atoms with Gasteiger partial charge in [0.15, 0.2) is 5.82 Å². The number of likely N-dealkylation sites (tertiary alicyclic amines) is 2. The smallest absolute Gasteiger partial charge is 0.317 e. The van der Waals surface area contributed by atoms with Crippen LogP contribution < -0.4 is 5.32 Å². The number of hydrogen-bond acceptors (Lipinski definition) is 6. The van der Waals surface area contributed by atoms with Crippen molar-refractivity contribution in [3.05, 3.63) is 29.2 Å². The molecule has 1 unspecified atom stereocenters. The summed E-state index contributed by atoms with van der Waals surface area (Å²) in [5, 5.41) is 11.1. The third-order valence-electron chi connectivity index (χ3n) is 5.46. The molecule has 28 heavy (non-hydrogen) atoms. The summed E-state index contributed by atoms with van der Waals surface area (Å²) in [7, 11) is 1.61. The lowest BCUT2D eigenvalue weighted by Gasteiger charge is -2.37. The second kappa shape index (κ2) is 7.25. The summed E-state index contributed by atoms with van der Waals surface area (Å²) >= 11 is 0. The molecule has 2 aromatic heterocycles. The van der Waals surface area contributed by atoms with Crippen LogP contribution >= 0.6 is 0 Å². The number of carbonyl (C=O) groups is 2. The van der Waals surface area contributed by atoms with Crippen molar-refractivity contribution in [2.75, 3.05) is 26.7 Å². The van der Waals surface area contributed by atoms with Gasteiger partial charge < -0.3 is 19.6 Å². The Kier molecular flexibility index (Phi) is 4.78. The van der Waals surface area contributed by atoms with Crippen LogP contribution in [0.1, 0.15) is 47.9 Å². The van der Waals surface area contributed by atoms with Gasteiger partial charge in [-0.2, -0.15) is 10.1 Å². The quantitative estimate of drug-likeness (QED) is 0.838. The second-order valence-electron chi connectivity index (χ2n) is 7.48. The zero-order valence-corrected chi connectivity index (χ0v) is 16.4. The lowest BCUT2D eigenvalue weighted by Crippen LogP contribution is -2.50. The fourth-order valence-corrected chi connectivity index (χ4v) is 3.87. The summed E-state index contributed by atoms with van der Waals surface area (Å²) < 4.78 is 7.17. The highest BCUT2D eigenvalue weighted by molar-refractivity contribution is 5.77. The van der Waals surface area contributed by atoms with Crippen LogP contribution in [0.3, 0.4) is 0 Å². The maximum Gasteiger partial charge on any atom is 0.317 e. The van der Waals surface area contributed by atoms with E-state index in [1.54, 1.807) is 21.5 Å². The van der Waals surface area contributed by atoms with Crippen molar-refractivity contribution in [3.63, 3.8) is 0 Å². The second-order valence-corrected chi connectivity index (χ2v) is 7.48. The van der Waals surface area contributed by atoms with Gasteiger partial charge in [0.05, 0.1) is 11.6 Å². The molecule has 2 aliphatic rings. The molecule has 2 saturated heterocycles. The van der Waals surface area contributed by atoms with Gasteiger partial charge in [-0.1, -0.05) is 5.16 Å². The third-order valence-corrected chi connectivity index (χ3v) is 5.46. The van der Waals surface area contributed by atoms with Gasteiger partial charge in [-0.3, -0.25) is 9.48 Å². The Morgan fingerprint density at radius 1 is 1.32 bits per heavy atom. The molecule has 2 fully saturated rings. The van der Waals surface area contributed by atoms with Crippen LogP contribution in [0.2, 0.25) is 0 Å². The molecule has 2 aromatic rings. The molecule has 0 aliphatic carbocycles. The maximum absolute atomic E-state index is 12.4. The number of carbonyl (C=O) groups excluding carboxylic acids is 2. The third kappa shape index (κ3) is 3.34. The van der Waals surface area contributed by atoms with Crippen molar-refractivity contribution in [2.24, 2.45) is 0 Å². The zero-order chi connectivity index (χ0) is 19.8. The molecule has 0 bridgehead atoms. The van der Waals surface area contributed by atoms with Gasteiger partial charge >= 0.3 is 6.03 Å². The van der Waals surface area contributed by atoms with Crippen molar-refractivity contribution in [2.45, 2.75) is 45.2 Å². The van der Waals surface area contributed by atoms with Crippen LogP contribution in [0.4, 0.5) is 4.79 Å². The minimum atomic E-state index is -0.176. The highest BCUT2D eigenvalue weighted by Crippen LogP contribution is 2.32. The molecule has 0 radical (unpaired) electrons. The SMILES string of the molecule is CNC(=O)N1CCCC1c1nc(C2CN(C(=O)Cn3nc(C)cc3C)C2)no1. The first kappa shape index (κ1) is 18.5. The van der Waals surface area contributed by atoms with E-state index >= 15 is 0 Å². The molecule has 4 heterocycles. The van der Waals surface area contributed by atoms with Crippen molar-refractivity contribution in [1.29, 1.82) is 0 Å². The van der Waals surface area contributed by atoms with E-state index in [4.69, 9.17) is 4.52 Å². The highest BCUT2D eigenvalue weighted by Gasteiger charge is 2.38. The molecular weight excluding hydrogens is 362 g/mol. The Bertz CT molecular complexity index is 884. The van der Waals surface area contributed by atoms with E-state index in [0.29, 0.717) is 31.3 Å². The van der Waals surface area contributed by atoms with Crippen LogP contribution in [0, 0.1) is 13.8 Å². The number of amides is 3. The molecule has 1 atom stereocenters. The van der Waals surface area contributed by atoms with Gasteiger partial charge in [0.25, 0.3) is 0 Å². The Labute approximate surface area is 162 Å². The fraction of sp³-hybridized carbons (Fsp3) is 0.611. The first-order valence-corrected chi connectivity index (χ1v) is 9.57. The van der Waals surface area contributed by atoms with Gasteiger partial charge in [0, 0.05) is 32.4 Å². The Morgan fingerprint density at radius 2 is 2.11 bits per heavy atom. The van der Waals surface area contributed by atoms with E-state index in [-0.39, 0.29) is 30.4 Å². The summed E-state index contributed by atoms with van der Waals surface area (Å²) in [4.78, 5) is 32.4. The fourth-order valence-electron chi connectivity index (χ4n) is 3.87. The van der Waals surface area contributed by atoms with E-state index < -0.39 is 0 Å². The van der Waals surface area contributed by atoms with Gasteiger partial charge in [-0.05, 0) is 32.8 Å². The predicted octanol–water partition coefficient (Wildman–Crippen LogP) is 0.985. The van der Waals surface area contributed by atoms with Crippen molar-refractivity contribution in [3.8, 4) is 0 Å². The van der Waals surface area contributed by atoms with E-state index in [9.17, 15) is 9.59 Å². The van der Waals surface area contributed by atoms with Gasteiger partial charge in [-0.25, -0.2) is 4.79 Å². The molecule has 150 valence electrons. The topological polar surface area (TPSA) is 109 Å². The summed E-state index contributed by atoms with van der Waals surface area (Å²) in [6.45, 7) is 5.92. The summed E-state index contributed by atoms with van der Waals surface area (Å²) in [5.74, 6) is 1.18. The number of rotatable bonds is 4. The summed E-state index contributed by atoms with van der Waals surface area (Å²) in [6, 6.07) is 1.65. The van der Waals surface area contributed by atoms with Crippen molar-refractivity contribution in [1.82, 2.24) is 35.0 Å². The van der Waals surface area contributed by atoms with E-state index in [1.165, 1.54) is 0 Å². The van der Waals surface area contributed by atoms with Crippen LogP contribution in [-0.2, 0) is 11.3 Å². The number of nitrogens with one attached hydrogen (secondary N) is 1. The van der Waals surface area contributed by atoms with Crippen molar-refractivity contribution < 1.29 is 14.1 Å². The molecule has 3 amide bonds. The Hall–Kier alpha value is -2.91. The molecule has 0 saturated carbocycles. The predicted molar refractivity (Wildman–Crippen MR) is 98.5 cm³/mol. The number of nitrogens with zero attached hydrogens (tertiary/aromatic N) is 6. The summed E-state index contributed by atoms with van der Waals surface area (Å²) in [5.41, 5.74) is 1.88. The molecule has 2 aliphatic heterocycles. The molecule has 1 N–H and O–H groups in total. The largest absolute Gasteiger partial charge is 0.341 e. The minimum absolute atomic E-state index is 0.0350. The number of urea groups is 1. The molecule has 4 rings (SSSR count). The lowest BCUT2D eigenvalue weighted by atomic mass is 9.99. The molecule has 10 heteroatoms. The molecular formula is C18H25N7O3. The van der Waals surface area contributed by atoms with Gasteiger partial charge in [0.2, 0.25) is 11.8 Å². The molecule has 0 spiro atoms. The van der Waals surface area contributed by atoms with Crippen LogP contribution in [-0.4, -0.2) is 68.3 Å². The van der Waals surface area contributed by atoms with Crippen LogP contribution in [0.5, 0.6) is 0 Å². The average Bonchev–Trinajstić information content (AvgIpc) is 3.33. The van der Waals surface area contributed by atoms with Gasteiger partial charge in [0.1, 0.15) is 12.6 Å². The van der Waals surface area contributed by atoms with Crippen molar-refractivity contribution >= 4 is 11.9 Å². The lowest BCUT2D eigenvalue weighted by molar-refractivity contribution is -0.136. The number of aromatic nitrogens is 4. The number of hydrogen-bond donors (Lipinski definition) is 1. The van der Waals surface area contributed by atoms with E-state index in [2.05, 4.69) is 20.6 Å².